The van der Waals surface area contributed by atoms with E-state index in [0.717, 1.165) is 16.8 Å². The maximum atomic E-state index is 10.3. The lowest BCUT2D eigenvalue weighted by atomic mass is 9.97. The van der Waals surface area contributed by atoms with E-state index in [1.807, 2.05) is 48.5 Å². The highest BCUT2D eigenvalue weighted by atomic mass is 35.5. The molecule has 0 spiro atoms. The molecule has 1 fully saturated rings. The van der Waals surface area contributed by atoms with Gasteiger partial charge < -0.3 is 19.8 Å². The molecule has 1 heterocycles. The van der Waals surface area contributed by atoms with Crippen LogP contribution in [0.5, 0.6) is 5.75 Å². The fourth-order valence-corrected chi connectivity index (χ4v) is 4.99. The lowest BCUT2D eigenvalue weighted by Gasteiger charge is -2.46. The third-order valence-corrected chi connectivity index (χ3v) is 6.98. The third kappa shape index (κ3) is 6.12. The number of aliphatic hydroxyl groups excluding tert-OH is 2. The highest BCUT2D eigenvalue weighted by molar-refractivity contribution is 6.33. The fraction of sp³-hybridized carbons (Fsp3) is 0.321. The van der Waals surface area contributed by atoms with Crippen molar-refractivity contribution in [3.63, 3.8) is 0 Å². The van der Waals surface area contributed by atoms with Crippen LogP contribution in [-0.4, -0.2) is 54.1 Å². The molecule has 0 saturated carbocycles. The van der Waals surface area contributed by atoms with Crippen LogP contribution in [0.3, 0.4) is 0 Å². The van der Waals surface area contributed by atoms with Gasteiger partial charge in [0.1, 0.15) is 12.4 Å². The molecule has 0 radical (unpaired) electrons. The smallest absolute Gasteiger partial charge is 0.121 e. The quantitative estimate of drug-likeness (QED) is 0.419. The molecule has 3 atom stereocenters. The maximum Gasteiger partial charge on any atom is 0.121 e. The number of halogens is 2. The second kappa shape index (κ2) is 12.0. The molecule has 3 aromatic carbocycles. The van der Waals surface area contributed by atoms with Crippen LogP contribution in [0.2, 0.25) is 10.0 Å². The predicted molar refractivity (Wildman–Crippen MR) is 143 cm³/mol. The second-order valence-corrected chi connectivity index (χ2v) is 9.80. The number of anilines is 1. The van der Waals surface area contributed by atoms with E-state index in [2.05, 4.69) is 15.9 Å². The molecule has 1 saturated heterocycles. The van der Waals surface area contributed by atoms with E-state index in [9.17, 15) is 10.2 Å². The van der Waals surface area contributed by atoms with Gasteiger partial charge >= 0.3 is 0 Å². The maximum absolute atomic E-state index is 10.3. The molecule has 36 heavy (non-hydrogen) atoms. The number of hydrogen-bond donors (Lipinski definition) is 2. The molecule has 8 heteroatoms. The Hall–Kier alpha value is -2.79. The number of nitriles is 1. The number of nitrogens with zero attached hydrogens (tertiary/aromatic N) is 3. The van der Waals surface area contributed by atoms with Crippen LogP contribution < -0.4 is 9.64 Å². The average Bonchev–Trinajstić information content (AvgIpc) is 2.89. The molecule has 4 rings (SSSR count). The van der Waals surface area contributed by atoms with Crippen molar-refractivity contribution in [1.29, 1.82) is 5.26 Å². The zero-order valence-corrected chi connectivity index (χ0v) is 21.5. The Balaban J connectivity index is 1.63. The summed E-state index contributed by atoms with van der Waals surface area (Å²) in [6.45, 7) is 3.89. The summed E-state index contributed by atoms with van der Waals surface area (Å²) in [4.78, 5) is 4.54. The highest BCUT2D eigenvalue weighted by Crippen LogP contribution is 2.39. The predicted octanol–water partition coefficient (Wildman–Crippen LogP) is 5.22. The van der Waals surface area contributed by atoms with Crippen molar-refractivity contribution in [3.8, 4) is 11.8 Å². The number of benzene rings is 3. The lowest BCUT2D eigenvalue weighted by molar-refractivity contribution is 0.103. The van der Waals surface area contributed by atoms with E-state index < -0.39 is 6.10 Å². The summed E-state index contributed by atoms with van der Waals surface area (Å²) in [5, 5.41) is 30.2. The first-order valence-corrected chi connectivity index (χ1v) is 12.6. The van der Waals surface area contributed by atoms with Gasteiger partial charge in [-0.1, -0.05) is 47.5 Å². The van der Waals surface area contributed by atoms with Crippen LogP contribution in [-0.2, 0) is 0 Å². The Kier molecular flexibility index (Phi) is 8.73. The second-order valence-electron chi connectivity index (χ2n) is 8.96. The molecule has 0 aromatic heterocycles. The molecular formula is C28H29Cl2N3O3. The standard InChI is InChI=1S/C28H29Cl2N3O3/c1-19(35)18-36-24-10-11-26(25(30)14-24)33-13-12-32(16-27(33)21-6-8-23(29)9-7-21)28(17-34)22-4-2-20(15-31)3-5-22/h2-11,14,19,27-28,34-35H,12-13,16-18H2,1H3/t19-,27+,28-/m1/s1. The first kappa shape index (κ1) is 26.3. The zero-order chi connectivity index (χ0) is 25.7. The fourth-order valence-electron chi connectivity index (χ4n) is 4.58. The van der Waals surface area contributed by atoms with E-state index >= 15 is 0 Å². The molecule has 3 aromatic rings. The summed E-state index contributed by atoms with van der Waals surface area (Å²) in [5.41, 5.74) is 3.54. The van der Waals surface area contributed by atoms with Crippen molar-refractivity contribution >= 4 is 28.9 Å². The van der Waals surface area contributed by atoms with E-state index in [1.54, 1.807) is 25.1 Å². The van der Waals surface area contributed by atoms with Gasteiger partial charge in [-0.3, -0.25) is 4.90 Å². The van der Waals surface area contributed by atoms with Gasteiger partial charge in [0, 0.05) is 30.7 Å². The van der Waals surface area contributed by atoms with Crippen molar-refractivity contribution in [2.75, 3.05) is 37.7 Å². The van der Waals surface area contributed by atoms with Crippen molar-refractivity contribution < 1.29 is 14.9 Å². The van der Waals surface area contributed by atoms with Crippen LogP contribution in [0.1, 0.15) is 35.7 Å². The number of aliphatic hydroxyl groups is 2. The minimum absolute atomic E-state index is 0.0324. The van der Waals surface area contributed by atoms with Crippen molar-refractivity contribution in [1.82, 2.24) is 4.90 Å². The summed E-state index contributed by atoms with van der Waals surface area (Å²) in [7, 11) is 0. The van der Waals surface area contributed by atoms with E-state index in [4.69, 9.17) is 33.2 Å². The third-order valence-electron chi connectivity index (χ3n) is 6.42. The lowest BCUT2D eigenvalue weighted by Crippen LogP contribution is -2.50. The number of rotatable bonds is 8. The topological polar surface area (TPSA) is 80.0 Å². The van der Waals surface area contributed by atoms with Gasteiger partial charge in [-0.05, 0) is 54.4 Å². The summed E-state index contributed by atoms with van der Waals surface area (Å²) < 4.78 is 5.62. The Labute approximate surface area is 221 Å². The molecule has 0 amide bonds. The van der Waals surface area contributed by atoms with E-state index in [1.165, 1.54) is 0 Å². The minimum atomic E-state index is -0.568. The Bertz CT molecular complexity index is 1200. The molecular weight excluding hydrogens is 497 g/mol. The van der Waals surface area contributed by atoms with Crippen LogP contribution in [0.15, 0.2) is 66.7 Å². The molecule has 0 bridgehead atoms. The highest BCUT2D eigenvalue weighted by Gasteiger charge is 2.33. The van der Waals surface area contributed by atoms with Gasteiger partial charge in [0.2, 0.25) is 0 Å². The van der Waals surface area contributed by atoms with Gasteiger partial charge in [-0.25, -0.2) is 0 Å². The molecule has 0 unspecified atom stereocenters. The van der Waals surface area contributed by atoms with Gasteiger partial charge in [-0.15, -0.1) is 0 Å². The molecule has 1 aliphatic rings. The summed E-state index contributed by atoms with van der Waals surface area (Å²) in [6, 6.07) is 22.7. The van der Waals surface area contributed by atoms with E-state index in [-0.39, 0.29) is 25.3 Å². The van der Waals surface area contributed by atoms with E-state index in [0.29, 0.717) is 41.0 Å². The summed E-state index contributed by atoms with van der Waals surface area (Å²) in [5.74, 6) is 0.604. The minimum Gasteiger partial charge on any atom is -0.491 e. The summed E-state index contributed by atoms with van der Waals surface area (Å²) in [6.07, 6.45) is -0.568. The van der Waals surface area contributed by atoms with Crippen LogP contribution >= 0.6 is 23.2 Å². The van der Waals surface area contributed by atoms with Crippen molar-refractivity contribution in [3.05, 3.63) is 93.5 Å². The monoisotopic (exact) mass is 525 g/mol. The Morgan fingerprint density at radius 2 is 1.78 bits per heavy atom. The largest absolute Gasteiger partial charge is 0.491 e. The van der Waals surface area contributed by atoms with Crippen LogP contribution in [0.25, 0.3) is 0 Å². The first-order valence-electron chi connectivity index (χ1n) is 11.9. The molecule has 188 valence electrons. The zero-order valence-electron chi connectivity index (χ0n) is 20.0. The normalized spacial score (nSPS) is 17.9. The Morgan fingerprint density at radius 1 is 1.06 bits per heavy atom. The number of hydrogen-bond acceptors (Lipinski definition) is 6. The number of piperazine rings is 1. The van der Waals surface area contributed by atoms with Gasteiger partial charge in [-0.2, -0.15) is 5.26 Å². The summed E-state index contributed by atoms with van der Waals surface area (Å²) >= 11 is 12.9. The van der Waals surface area contributed by atoms with Crippen LogP contribution in [0, 0.1) is 11.3 Å². The van der Waals surface area contributed by atoms with Crippen molar-refractivity contribution in [2.24, 2.45) is 0 Å². The van der Waals surface area contributed by atoms with Crippen LogP contribution in [0.4, 0.5) is 5.69 Å². The SMILES string of the molecule is C[C@@H](O)COc1ccc(N2CCN([C@H](CO)c3ccc(C#N)cc3)C[C@H]2c2ccc(Cl)cc2)c(Cl)c1. The van der Waals surface area contributed by atoms with Gasteiger partial charge in [0.25, 0.3) is 0 Å². The first-order chi connectivity index (χ1) is 17.4. The van der Waals surface area contributed by atoms with Gasteiger partial charge in [0.05, 0.1) is 47.1 Å². The average molecular weight is 526 g/mol. The Morgan fingerprint density at radius 3 is 2.39 bits per heavy atom. The van der Waals surface area contributed by atoms with Gasteiger partial charge in [0.15, 0.2) is 0 Å². The molecule has 1 aliphatic heterocycles. The van der Waals surface area contributed by atoms with Crippen molar-refractivity contribution in [2.45, 2.75) is 25.1 Å². The molecule has 0 aliphatic carbocycles. The molecule has 2 N–H and O–H groups in total. The number of ether oxygens (including phenoxy) is 1. The molecule has 6 nitrogen and oxygen atoms in total.